The quantitative estimate of drug-likeness (QED) is 0.655. The first-order valence-electron chi connectivity index (χ1n) is 9.32. The molecule has 0 aliphatic carbocycles. The number of carbonyl (C=O) groups is 2. The molecule has 2 N–H and O–H groups in total. The molecule has 1 atom stereocenters. The van der Waals surface area contributed by atoms with E-state index in [9.17, 15) is 18.0 Å². The number of hydrogen-bond acceptors (Lipinski definition) is 5. The van der Waals surface area contributed by atoms with Crippen LogP contribution in [-0.4, -0.2) is 50.8 Å². The molecular formula is C20H22ClN3O5S. The minimum atomic E-state index is -3.73. The molecule has 0 bridgehead atoms. The predicted octanol–water partition coefficient (Wildman–Crippen LogP) is 2.26. The van der Waals surface area contributed by atoms with Gasteiger partial charge in [0.2, 0.25) is 10.0 Å². The zero-order chi connectivity index (χ0) is 21.7. The number of hydrogen-bond donors (Lipinski definition) is 2. The van der Waals surface area contributed by atoms with Crippen molar-refractivity contribution in [2.45, 2.75) is 23.8 Å². The molecule has 1 aliphatic rings. The van der Waals surface area contributed by atoms with Crippen molar-refractivity contribution in [2.75, 3.05) is 25.5 Å². The first kappa shape index (κ1) is 22.1. The van der Waals surface area contributed by atoms with E-state index in [0.717, 1.165) is 0 Å². The van der Waals surface area contributed by atoms with Crippen molar-refractivity contribution in [3.63, 3.8) is 0 Å². The number of nitrogens with zero attached hydrogens (tertiary/aromatic N) is 1. The van der Waals surface area contributed by atoms with E-state index in [-0.39, 0.29) is 11.4 Å². The minimum Gasteiger partial charge on any atom is -0.497 e. The van der Waals surface area contributed by atoms with E-state index < -0.39 is 27.9 Å². The number of halogens is 1. The van der Waals surface area contributed by atoms with Gasteiger partial charge in [0, 0.05) is 19.1 Å². The molecule has 3 rings (SSSR count). The fourth-order valence-corrected chi connectivity index (χ4v) is 5.12. The van der Waals surface area contributed by atoms with Crippen LogP contribution in [0.25, 0.3) is 0 Å². The molecule has 0 spiro atoms. The number of methoxy groups -OCH3 is 1. The van der Waals surface area contributed by atoms with Crippen molar-refractivity contribution in [3.05, 3.63) is 53.6 Å². The zero-order valence-electron chi connectivity index (χ0n) is 16.3. The number of anilines is 1. The van der Waals surface area contributed by atoms with E-state index in [1.54, 1.807) is 36.4 Å². The third-order valence-electron chi connectivity index (χ3n) is 4.82. The summed E-state index contributed by atoms with van der Waals surface area (Å²) < 4.78 is 32.4. The summed E-state index contributed by atoms with van der Waals surface area (Å²) >= 11 is 5.97. The number of amides is 2. The molecule has 1 saturated heterocycles. The van der Waals surface area contributed by atoms with Gasteiger partial charge >= 0.3 is 11.8 Å². The first-order chi connectivity index (χ1) is 14.3. The minimum absolute atomic E-state index is 0.0319. The van der Waals surface area contributed by atoms with Crippen molar-refractivity contribution < 1.29 is 22.7 Å². The molecule has 0 saturated carbocycles. The third kappa shape index (κ3) is 4.92. The van der Waals surface area contributed by atoms with E-state index in [1.807, 2.05) is 0 Å². The number of para-hydroxylation sites is 1. The summed E-state index contributed by atoms with van der Waals surface area (Å²) in [6.45, 7) is 0.380. The van der Waals surface area contributed by atoms with Gasteiger partial charge < -0.3 is 15.4 Å². The first-order valence-corrected chi connectivity index (χ1v) is 11.1. The van der Waals surface area contributed by atoms with Crippen LogP contribution in [0, 0.1) is 0 Å². The van der Waals surface area contributed by atoms with E-state index in [1.165, 1.54) is 23.5 Å². The molecule has 0 unspecified atom stereocenters. The van der Waals surface area contributed by atoms with E-state index in [0.29, 0.717) is 35.8 Å². The molecule has 0 aromatic heterocycles. The van der Waals surface area contributed by atoms with Crippen LogP contribution >= 0.6 is 11.6 Å². The van der Waals surface area contributed by atoms with Gasteiger partial charge in [0.05, 0.1) is 22.7 Å². The van der Waals surface area contributed by atoms with Crippen LogP contribution in [0.1, 0.15) is 12.8 Å². The normalized spacial score (nSPS) is 16.8. The van der Waals surface area contributed by atoms with Gasteiger partial charge in [0.1, 0.15) is 5.75 Å². The Morgan fingerprint density at radius 2 is 1.83 bits per heavy atom. The summed E-state index contributed by atoms with van der Waals surface area (Å²) in [5, 5.41) is 5.26. The fourth-order valence-electron chi connectivity index (χ4n) is 3.25. The van der Waals surface area contributed by atoms with Crippen LogP contribution < -0.4 is 15.4 Å². The predicted molar refractivity (Wildman–Crippen MR) is 113 cm³/mol. The highest BCUT2D eigenvalue weighted by atomic mass is 35.5. The van der Waals surface area contributed by atoms with Crippen LogP contribution in [0.3, 0.4) is 0 Å². The van der Waals surface area contributed by atoms with Gasteiger partial charge in [0.15, 0.2) is 0 Å². The molecule has 0 radical (unpaired) electrons. The number of ether oxygens (including phenoxy) is 1. The second-order valence-electron chi connectivity index (χ2n) is 6.73. The summed E-state index contributed by atoms with van der Waals surface area (Å²) in [5.41, 5.74) is 0.323. The molecular weight excluding hydrogens is 430 g/mol. The second kappa shape index (κ2) is 9.46. The van der Waals surface area contributed by atoms with Crippen LogP contribution in [-0.2, 0) is 19.6 Å². The molecule has 2 aromatic carbocycles. The topological polar surface area (TPSA) is 105 Å². The van der Waals surface area contributed by atoms with Gasteiger partial charge in [-0.1, -0.05) is 23.7 Å². The van der Waals surface area contributed by atoms with Crippen molar-refractivity contribution in [1.82, 2.24) is 9.62 Å². The Labute approximate surface area is 180 Å². The standard InChI is InChI=1S/C20H22ClN3O5S/c1-29-15-8-10-16(11-9-15)30(27,28)24-12-4-5-14(24)13-22-19(25)20(26)23-18-7-3-2-6-17(18)21/h2-3,6-11,14H,4-5,12-13H2,1H3,(H,22,25)(H,23,26)/t14-/m1/s1. The van der Waals surface area contributed by atoms with Crippen molar-refractivity contribution in [3.8, 4) is 5.75 Å². The zero-order valence-corrected chi connectivity index (χ0v) is 17.9. The Kier molecular flexibility index (Phi) is 6.96. The van der Waals surface area contributed by atoms with Gasteiger partial charge in [-0.25, -0.2) is 8.42 Å². The highest BCUT2D eigenvalue weighted by Crippen LogP contribution is 2.27. The Bertz CT molecular complexity index is 1030. The highest BCUT2D eigenvalue weighted by Gasteiger charge is 2.35. The number of carbonyl (C=O) groups excluding carboxylic acids is 2. The molecule has 2 amide bonds. The Morgan fingerprint density at radius 3 is 2.50 bits per heavy atom. The molecule has 10 heteroatoms. The van der Waals surface area contributed by atoms with Crippen LogP contribution in [0.2, 0.25) is 5.02 Å². The molecule has 1 aliphatic heterocycles. The molecule has 2 aromatic rings. The number of nitrogens with one attached hydrogen (secondary N) is 2. The van der Waals surface area contributed by atoms with Gasteiger partial charge in [-0.3, -0.25) is 9.59 Å². The van der Waals surface area contributed by atoms with Gasteiger partial charge in [-0.15, -0.1) is 0 Å². The maximum atomic E-state index is 13.0. The highest BCUT2D eigenvalue weighted by molar-refractivity contribution is 7.89. The van der Waals surface area contributed by atoms with Gasteiger partial charge in [-0.05, 0) is 49.2 Å². The molecule has 1 heterocycles. The average molecular weight is 452 g/mol. The number of rotatable bonds is 6. The Morgan fingerprint density at radius 1 is 1.13 bits per heavy atom. The lowest BCUT2D eigenvalue weighted by Gasteiger charge is -2.24. The lowest BCUT2D eigenvalue weighted by Crippen LogP contribution is -2.45. The van der Waals surface area contributed by atoms with Crippen molar-refractivity contribution >= 4 is 39.1 Å². The molecule has 8 nitrogen and oxygen atoms in total. The summed E-state index contributed by atoms with van der Waals surface area (Å²) in [5.74, 6) is -1.17. The Hall–Kier alpha value is -2.62. The van der Waals surface area contributed by atoms with E-state index in [2.05, 4.69) is 10.6 Å². The van der Waals surface area contributed by atoms with Crippen molar-refractivity contribution in [1.29, 1.82) is 0 Å². The van der Waals surface area contributed by atoms with E-state index in [4.69, 9.17) is 16.3 Å². The number of benzene rings is 2. The Balaban J connectivity index is 1.62. The summed E-state index contributed by atoms with van der Waals surface area (Å²) in [6, 6.07) is 12.3. The van der Waals surface area contributed by atoms with E-state index >= 15 is 0 Å². The fraction of sp³-hybridized carbons (Fsp3) is 0.300. The number of sulfonamides is 1. The second-order valence-corrected chi connectivity index (χ2v) is 9.03. The largest absolute Gasteiger partial charge is 0.497 e. The van der Waals surface area contributed by atoms with Crippen molar-refractivity contribution in [2.24, 2.45) is 0 Å². The van der Waals surface area contributed by atoms with Crippen LogP contribution in [0.5, 0.6) is 5.75 Å². The molecule has 1 fully saturated rings. The van der Waals surface area contributed by atoms with Gasteiger partial charge in [0.25, 0.3) is 0 Å². The summed E-state index contributed by atoms with van der Waals surface area (Å²) in [6.07, 6.45) is 1.25. The lowest BCUT2D eigenvalue weighted by atomic mass is 10.2. The maximum absolute atomic E-state index is 13.0. The van der Waals surface area contributed by atoms with Crippen LogP contribution in [0.4, 0.5) is 5.69 Å². The van der Waals surface area contributed by atoms with Crippen LogP contribution in [0.15, 0.2) is 53.4 Å². The lowest BCUT2D eigenvalue weighted by molar-refractivity contribution is -0.136. The third-order valence-corrected chi connectivity index (χ3v) is 7.11. The SMILES string of the molecule is COc1ccc(S(=O)(=O)N2CCC[C@@H]2CNC(=O)C(=O)Nc2ccccc2Cl)cc1. The smallest absolute Gasteiger partial charge is 0.313 e. The summed E-state index contributed by atoms with van der Waals surface area (Å²) in [7, 11) is -2.22. The maximum Gasteiger partial charge on any atom is 0.313 e. The molecule has 160 valence electrons. The summed E-state index contributed by atoms with van der Waals surface area (Å²) in [4.78, 5) is 24.4. The molecule has 30 heavy (non-hydrogen) atoms. The van der Waals surface area contributed by atoms with Gasteiger partial charge in [-0.2, -0.15) is 4.31 Å². The monoisotopic (exact) mass is 451 g/mol. The average Bonchev–Trinajstić information content (AvgIpc) is 3.23.